The molecule has 0 bridgehead atoms. The summed E-state index contributed by atoms with van der Waals surface area (Å²) >= 11 is 0. The average molecular weight is 216 g/mol. The number of benzene rings is 1. The van der Waals surface area contributed by atoms with Crippen LogP contribution in [0.1, 0.15) is 0 Å². The van der Waals surface area contributed by atoms with Gasteiger partial charge < -0.3 is 9.55 Å². The molecule has 0 amide bonds. The molecule has 2 heterocycles. The zero-order valence-corrected chi connectivity index (χ0v) is 8.62. The standard InChI is InChI=1S/C12H9FN2O/c1-15-5-4-8-9-6-7(13)2-3-10(9)14-11(8)12(15)16/h2-6,14H,1H3. The molecule has 0 aliphatic heterocycles. The number of aryl methyl sites for hydroxylation is 1. The van der Waals surface area contributed by atoms with Gasteiger partial charge in [-0.15, -0.1) is 0 Å². The van der Waals surface area contributed by atoms with Crippen molar-refractivity contribution in [3.8, 4) is 0 Å². The Morgan fingerprint density at radius 1 is 1.25 bits per heavy atom. The normalized spacial score (nSPS) is 11.4. The maximum atomic E-state index is 13.1. The van der Waals surface area contributed by atoms with Crippen molar-refractivity contribution in [2.75, 3.05) is 0 Å². The molecule has 16 heavy (non-hydrogen) atoms. The molecule has 0 saturated heterocycles. The molecular weight excluding hydrogens is 207 g/mol. The second kappa shape index (κ2) is 2.95. The SMILES string of the molecule is Cn1ccc2c([nH]c3ccc(F)cc32)c1=O. The number of aromatic amines is 1. The number of H-pyrrole nitrogens is 1. The predicted molar refractivity (Wildman–Crippen MR) is 61.0 cm³/mol. The summed E-state index contributed by atoms with van der Waals surface area (Å²) in [5, 5.41) is 1.50. The lowest BCUT2D eigenvalue weighted by molar-refractivity contribution is 0.630. The van der Waals surface area contributed by atoms with E-state index in [9.17, 15) is 9.18 Å². The first kappa shape index (κ1) is 9.15. The molecule has 0 fully saturated rings. The second-order valence-electron chi connectivity index (χ2n) is 3.84. The van der Waals surface area contributed by atoms with Gasteiger partial charge in [-0.3, -0.25) is 4.79 Å². The molecule has 3 nitrogen and oxygen atoms in total. The van der Waals surface area contributed by atoms with Crippen LogP contribution in [0.4, 0.5) is 4.39 Å². The van der Waals surface area contributed by atoms with E-state index in [0.29, 0.717) is 5.52 Å². The molecule has 3 rings (SSSR count). The highest BCUT2D eigenvalue weighted by Crippen LogP contribution is 2.23. The van der Waals surface area contributed by atoms with Gasteiger partial charge in [0.2, 0.25) is 0 Å². The molecule has 0 spiro atoms. The van der Waals surface area contributed by atoms with Gasteiger partial charge in [-0.1, -0.05) is 0 Å². The van der Waals surface area contributed by atoms with Gasteiger partial charge in [0, 0.05) is 29.5 Å². The van der Waals surface area contributed by atoms with E-state index in [1.54, 1.807) is 19.3 Å². The molecule has 0 radical (unpaired) electrons. The molecular formula is C12H9FN2O. The Labute approximate surface area is 90.1 Å². The minimum Gasteiger partial charge on any atom is -0.350 e. The highest BCUT2D eigenvalue weighted by atomic mass is 19.1. The summed E-state index contributed by atoms with van der Waals surface area (Å²) in [6, 6.07) is 6.27. The highest BCUT2D eigenvalue weighted by Gasteiger charge is 2.08. The van der Waals surface area contributed by atoms with Crippen LogP contribution in [0.3, 0.4) is 0 Å². The summed E-state index contributed by atoms with van der Waals surface area (Å²) in [5.74, 6) is -0.297. The lowest BCUT2D eigenvalue weighted by Gasteiger charge is -1.95. The van der Waals surface area contributed by atoms with E-state index in [4.69, 9.17) is 0 Å². The topological polar surface area (TPSA) is 37.8 Å². The minimum atomic E-state index is -0.297. The van der Waals surface area contributed by atoms with E-state index < -0.39 is 0 Å². The van der Waals surface area contributed by atoms with Gasteiger partial charge in [0.15, 0.2) is 0 Å². The van der Waals surface area contributed by atoms with Crippen LogP contribution in [0.15, 0.2) is 35.3 Å². The van der Waals surface area contributed by atoms with E-state index in [-0.39, 0.29) is 11.4 Å². The van der Waals surface area contributed by atoms with Crippen LogP contribution < -0.4 is 5.56 Å². The molecule has 1 aromatic carbocycles. The number of nitrogens with one attached hydrogen (secondary N) is 1. The minimum absolute atomic E-state index is 0.103. The van der Waals surface area contributed by atoms with Crippen LogP contribution in [0.25, 0.3) is 21.8 Å². The molecule has 4 heteroatoms. The Morgan fingerprint density at radius 3 is 2.88 bits per heavy atom. The van der Waals surface area contributed by atoms with Gasteiger partial charge in [-0.25, -0.2) is 4.39 Å². The maximum absolute atomic E-state index is 13.1. The van der Waals surface area contributed by atoms with Crippen LogP contribution >= 0.6 is 0 Å². The van der Waals surface area contributed by atoms with Crippen LogP contribution in [0.2, 0.25) is 0 Å². The summed E-state index contributed by atoms with van der Waals surface area (Å²) < 4.78 is 14.6. The lowest BCUT2D eigenvalue weighted by atomic mass is 10.2. The van der Waals surface area contributed by atoms with Crippen molar-refractivity contribution in [3.05, 3.63) is 46.6 Å². The second-order valence-corrected chi connectivity index (χ2v) is 3.84. The van der Waals surface area contributed by atoms with Crippen molar-refractivity contribution in [1.82, 2.24) is 9.55 Å². The Bertz CT molecular complexity index is 755. The molecule has 0 aliphatic rings. The number of rotatable bonds is 0. The first-order chi connectivity index (χ1) is 7.66. The fraction of sp³-hybridized carbons (Fsp3) is 0.0833. The number of hydrogen-bond acceptors (Lipinski definition) is 1. The van der Waals surface area contributed by atoms with Crippen molar-refractivity contribution in [2.45, 2.75) is 0 Å². The van der Waals surface area contributed by atoms with Crippen molar-refractivity contribution in [3.63, 3.8) is 0 Å². The molecule has 0 unspecified atom stereocenters. The molecule has 3 aromatic rings. The van der Waals surface area contributed by atoms with Crippen LogP contribution in [-0.4, -0.2) is 9.55 Å². The number of fused-ring (bicyclic) bond motifs is 3. The molecule has 0 saturated carbocycles. The number of aromatic nitrogens is 2. The zero-order chi connectivity index (χ0) is 11.3. The van der Waals surface area contributed by atoms with E-state index >= 15 is 0 Å². The maximum Gasteiger partial charge on any atom is 0.274 e. The third-order valence-corrected chi connectivity index (χ3v) is 2.80. The Kier molecular flexibility index (Phi) is 1.68. The first-order valence-electron chi connectivity index (χ1n) is 4.93. The summed E-state index contributed by atoms with van der Waals surface area (Å²) in [4.78, 5) is 14.8. The van der Waals surface area contributed by atoms with Gasteiger partial charge in [-0.05, 0) is 24.3 Å². The Morgan fingerprint density at radius 2 is 2.06 bits per heavy atom. The summed E-state index contributed by atoms with van der Waals surface area (Å²) in [6.45, 7) is 0. The van der Waals surface area contributed by atoms with Gasteiger partial charge in [0.25, 0.3) is 5.56 Å². The van der Waals surface area contributed by atoms with E-state index in [2.05, 4.69) is 4.98 Å². The first-order valence-corrected chi connectivity index (χ1v) is 4.93. The third kappa shape index (κ3) is 1.10. The van der Waals surface area contributed by atoms with Gasteiger partial charge >= 0.3 is 0 Å². The number of pyridine rings is 1. The quantitative estimate of drug-likeness (QED) is 0.614. The van der Waals surface area contributed by atoms with Gasteiger partial charge in [0.05, 0.1) is 0 Å². The molecule has 0 atom stereocenters. The lowest BCUT2D eigenvalue weighted by Crippen LogP contribution is -2.15. The smallest absolute Gasteiger partial charge is 0.274 e. The van der Waals surface area contributed by atoms with E-state index in [1.165, 1.54) is 16.7 Å². The number of hydrogen-bond donors (Lipinski definition) is 1. The monoisotopic (exact) mass is 216 g/mol. The predicted octanol–water partition coefficient (Wildman–Crippen LogP) is 2.16. The Hall–Kier alpha value is -2.10. The fourth-order valence-electron chi connectivity index (χ4n) is 1.96. The molecule has 2 aromatic heterocycles. The Balaban J connectivity index is 2.61. The summed E-state index contributed by atoms with van der Waals surface area (Å²) in [6.07, 6.45) is 1.68. The largest absolute Gasteiger partial charge is 0.350 e. The van der Waals surface area contributed by atoms with Crippen molar-refractivity contribution in [1.29, 1.82) is 0 Å². The van der Waals surface area contributed by atoms with Crippen molar-refractivity contribution >= 4 is 21.8 Å². The van der Waals surface area contributed by atoms with Crippen LogP contribution in [0.5, 0.6) is 0 Å². The zero-order valence-electron chi connectivity index (χ0n) is 8.62. The highest BCUT2D eigenvalue weighted by molar-refractivity contribution is 6.06. The number of nitrogens with zero attached hydrogens (tertiary/aromatic N) is 1. The third-order valence-electron chi connectivity index (χ3n) is 2.80. The van der Waals surface area contributed by atoms with Gasteiger partial charge in [-0.2, -0.15) is 0 Å². The molecule has 1 N–H and O–H groups in total. The molecule has 80 valence electrons. The summed E-state index contributed by atoms with van der Waals surface area (Å²) in [5.41, 5.74) is 1.19. The van der Waals surface area contributed by atoms with Crippen molar-refractivity contribution in [2.24, 2.45) is 7.05 Å². The fourth-order valence-corrected chi connectivity index (χ4v) is 1.96. The summed E-state index contributed by atoms with van der Waals surface area (Å²) in [7, 11) is 1.69. The van der Waals surface area contributed by atoms with Crippen LogP contribution in [0, 0.1) is 5.82 Å². The van der Waals surface area contributed by atoms with Crippen molar-refractivity contribution < 1.29 is 4.39 Å². The number of halogens is 1. The van der Waals surface area contributed by atoms with Crippen LogP contribution in [-0.2, 0) is 7.05 Å². The molecule has 0 aliphatic carbocycles. The average Bonchev–Trinajstić information content (AvgIpc) is 2.62. The van der Waals surface area contributed by atoms with Gasteiger partial charge in [0.1, 0.15) is 11.3 Å². The van der Waals surface area contributed by atoms with E-state index in [0.717, 1.165) is 16.3 Å². The van der Waals surface area contributed by atoms with E-state index in [1.807, 2.05) is 6.07 Å².